The first kappa shape index (κ1) is 32.3. The van der Waals surface area contributed by atoms with Gasteiger partial charge in [0.15, 0.2) is 9.84 Å². The summed E-state index contributed by atoms with van der Waals surface area (Å²) in [6, 6.07) is 24.7. The second kappa shape index (κ2) is 16.2. The largest absolute Gasteiger partial charge is 0.497 e. The molecule has 1 amide bonds. The molecule has 212 valence electrons. The Morgan fingerprint density at radius 2 is 1.56 bits per heavy atom. The van der Waals surface area contributed by atoms with Gasteiger partial charge in [0.2, 0.25) is 5.91 Å². The Labute approximate surface area is 237 Å². The summed E-state index contributed by atoms with van der Waals surface area (Å²) in [7, 11) is -0.583. The van der Waals surface area contributed by atoms with E-state index in [9.17, 15) is 18.3 Å². The minimum Gasteiger partial charge on any atom is -0.497 e. The number of hydrogen-bond donors (Lipinski definition) is 3. The molecule has 3 aromatic rings. The molecule has 39 heavy (non-hydrogen) atoms. The lowest BCUT2D eigenvalue weighted by atomic mass is 10.0. The number of halogens is 1. The molecule has 3 atom stereocenters. The van der Waals surface area contributed by atoms with Crippen molar-refractivity contribution in [3.63, 3.8) is 0 Å². The minimum atomic E-state index is -3.56. The Morgan fingerprint density at radius 3 is 2.21 bits per heavy atom. The first-order valence-corrected chi connectivity index (χ1v) is 14.1. The number of nitrogens with one attached hydrogen (secondary N) is 2. The van der Waals surface area contributed by atoms with E-state index < -0.39 is 34.0 Å². The summed E-state index contributed by atoms with van der Waals surface area (Å²) >= 11 is 0. The van der Waals surface area contributed by atoms with Crippen molar-refractivity contribution in [2.75, 3.05) is 26.5 Å². The van der Waals surface area contributed by atoms with Gasteiger partial charge in [-0.3, -0.25) is 4.79 Å². The highest BCUT2D eigenvalue weighted by molar-refractivity contribution is 7.91. The van der Waals surface area contributed by atoms with Gasteiger partial charge in [-0.2, -0.15) is 0 Å². The maximum atomic E-state index is 13.1. The molecule has 3 unspecified atom stereocenters. The molecule has 0 heterocycles. The third kappa shape index (κ3) is 10.3. The molecule has 0 saturated heterocycles. The van der Waals surface area contributed by atoms with Crippen LogP contribution in [0.3, 0.4) is 0 Å². The van der Waals surface area contributed by atoms with Crippen LogP contribution in [0.4, 0.5) is 0 Å². The van der Waals surface area contributed by atoms with Crippen LogP contribution in [0.2, 0.25) is 0 Å². The van der Waals surface area contributed by atoms with Crippen LogP contribution in [-0.2, 0) is 32.3 Å². The van der Waals surface area contributed by atoms with Crippen LogP contribution in [-0.4, -0.2) is 64.2 Å². The molecular formula is C29H37ClN2O6S. The smallest absolute Gasteiger partial charge is 0.249 e. The van der Waals surface area contributed by atoms with Crippen LogP contribution in [0.5, 0.6) is 5.75 Å². The molecule has 0 aliphatic heterocycles. The van der Waals surface area contributed by atoms with Gasteiger partial charge < -0.3 is 25.2 Å². The van der Waals surface area contributed by atoms with Crippen molar-refractivity contribution in [3.8, 4) is 5.75 Å². The summed E-state index contributed by atoms with van der Waals surface area (Å²) < 4.78 is 36.0. The van der Waals surface area contributed by atoms with Crippen molar-refractivity contribution in [3.05, 3.63) is 96.1 Å². The third-order valence-electron chi connectivity index (χ3n) is 6.24. The van der Waals surface area contributed by atoms with Gasteiger partial charge in [0.1, 0.15) is 11.9 Å². The molecule has 0 aliphatic rings. The first-order valence-electron chi connectivity index (χ1n) is 12.5. The van der Waals surface area contributed by atoms with Gasteiger partial charge in [0.05, 0.1) is 29.9 Å². The van der Waals surface area contributed by atoms with Crippen LogP contribution in [0.15, 0.2) is 89.8 Å². The lowest BCUT2D eigenvalue weighted by molar-refractivity contribution is -0.132. The van der Waals surface area contributed by atoms with E-state index >= 15 is 0 Å². The fourth-order valence-corrected chi connectivity index (χ4v) is 5.41. The van der Waals surface area contributed by atoms with Crippen molar-refractivity contribution >= 4 is 28.2 Å². The highest BCUT2D eigenvalue weighted by Crippen LogP contribution is 2.15. The topological polar surface area (TPSA) is 114 Å². The van der Waals surface area contributed by atoms with Gasteiger partial charge in [0, 0.05) is 20.2 Å². The molecule has 0 aliphatic carbocycles. The minimum absolute atomic E-state index is 0. The monoisotopic (exact) mass is 576 g/mol. The lowest BCUT2D eigenvalue weighted by Gasteiger charge is -2.27. The quantitative estimate of drug-likeness (QED) is 0.255. The summed E-state index contributed by atoms with van der Waals surface area (Å²) in [5.74, 6) is 0.0409. The van der Waals surface area contributed by atoms with Crippen molar-refractivity contribution in [2.24, 2.45) is 0 Å². The number of hydrogen-bond acceptors (Lipinski definition) is 7. The molecule has 8 nitrogen and oxygen atoms in total. The van der Waals surface area contributed by atoms with Gasteiger partial charge in [-0.1, -0.05) is 60.7 Å². The van der Waals surface area contributed by atoms with Gasteiger partial charge in [-0.05, 0) is 48.2 Å². The van der Waals surface area contributed by atoms with Crippen LogP contribution >= 0.6 is 12.4 Å². The molecule has 0 fully saturated rings. The van der Waals surface area contributed by atoms with Crippen LogP contribution in [0, 0.1) is 0 Å². The fraction of sp³-hybridized carbons (Fsp3) is 0.345. The summed E-state index contributed by atoms with van der Waals surface area (Å²) in [4.78, 5) is 13.3. The van der Waals surface area contributed by atoms with E-state index in [2.05, 4.69) is 10.6 Å². The van der Waals surface area contributed by atoms with Crippen molar-refractivity contribution in [1.82, 2.24) is 10.6 Å². The maximum absolute atomic E-state index is 13.1. The summed E-state index contributed by atoms with van der Waals surface area (Å²) in [5.41, 5.74) is 1.95. The van der Waals surface area contributed by atoms with E-state index in [-0.39, 0.29) is 36.0 Å². The number of amides is 1. The van der Waals surface area contributed by atoms with Gasteiger partial charge >= 0.3 is 0 Å². The number of rotatable bonds is 15. The number of ether oxygens (including phenoxy) is 2. The SMILES string of the molecule is COc1cccc(CNCC(O)C(Cc2ccccc2)NC(=O)C(CCS(=O)(=O)c2ccccc2)OC)c1.Cl. The van der Waals surface area contributed by atoms with Crippen molar-refractivity contribution < 1.29 is 27.8 Å². The first-order chi connectivity index (χ1) is 18.3. The van der Waals surface area contributed by atoms with E-state index in [4.69, 9.17) is 9.47 Å². The molecule has 0 spiro atoms. The Hall–Kier alpha value is -2.95. The van der Waals surface area contributed by atoms with Crippen LogP contribution in [0.1, 0.15) is 17.5 Å². The second-order valence-electron chi connectivity index (χ2n) is 9.00. The zero-order chi connectivity index (χ0) is 27.4. The van der Waals surface area contributed by atoms with Gasteiger partial charge in [-0.15, -0.1) is 12.4 Å². The average molecular weight is 577 g/mol. The molecule has 3 aromatic carbocycles. The zero-order valence-corrected chi connectivity index (χ0v) is 23.8. The number of carbonyl (C=O) groups is 1. The number of carbonyl (C=O) groups excluding carboxylic acids is 1. The predicted octanol–water partition coefficient (Wildman–Crippen LogP) is 3.17. The number of aliphatic hydroxyl groups is 1. The van der Waals surface area contributed by atoms with E-state index in [0.29, 0.717) is 13.0 Å². The van der Waals surface area contributed by atoms with Crippen LogP contribution < -0.4 is 15.4 Å². The highest BCUT2D eigenvalue weighted by atomic mass is 35.5. The standard InChI is InChI=1S/C29H36N2O6S.ClH/c1-36-24-13-9-12-23(18-24)20-30-21-27(32)26(19-22-10-5-3-6-11-22)31-29(33)28(37-2)16-17-38(34,35)25-14-7-4-8-15-25;/h3-15,18,26-28,30,32H,16-17,19-21H2,1-2H3,(H,31,33);1H. The summed E-state index contributed by atoms with van der Waals surface area (Å²) in [5, 5.41) is 17.1. The van der Waals surface area contributed by atoms with Crippen LogP contribution in [0.25, 0.3) is 0 Å². The van der Waals surface area contributed by atoms with Gasteiger partial charge in [0.25, 0.3) is 0 Å². The molecule has 3 rings (SSSR count). The molecular weight excluding hydrogens is 540 g/mol. The number of sulfone groups is 1. The Morgan fingerprint density at radius 1 is 0.923 bits per heavy atom. The number of benzene rings is 3. The van der Waals surface area contributed by atoms with Crippen molar-refractivity contribution in [2.45, 2.75) is 42.5 Å². The summed E-state index contributed by atoms with van der Waals surface area (Å²) in [6.07, 6.45) is -1.51. The number of aliphatic hydroxyl groups excluding tert-OH is 1. The predicted molar refractivity (Wildman–Crippen MR) is 154 cm³/mol. The average Bonchev–Trinajstić information content (AvgIpc) is 2.94. The Bertz CT molecular complexity index is 1240. The number of methoxy groups -OCH3 is 2. The van der Waals surface area contributed by atoms with E-state index in [1.54, 1.807) is 25.3 Å². The molecule has 10 heteroatoms. The Balaban J connectivity index is 0.00000533. The molecule has 0 bridgehead atoms. The van der Waals surface area contributed by atoms with E-state index in [0.717, 1.165) is 16.9 Å². The fourth-order valence-electron chi connectivity index (χ4n) is 4.08. The third-order valence-corrected chi connectivity index (χ3v) is 8.00. The lowest BCUT2D eigenvalue weighted by Crippen LogP contribution is -2.51. The highest BCUT2D eigenvalue weighted by Gasteiger charge is 2.27. The van der Waals surface area contributed by atoms with E-state index in [1.165, 1.54) is 19.2 Å². The van der Waals surface area contributed by atoms with Gasteiger partial charge in [-0.25, -0.2) is 8.42 Å². The normalized spacial score (nSPS) is 13.5. The molecule has 0 aromatic heterocycles. The maximum Gasteiger partial charge on any atom is 0.249 e. The second-order valence-corrected chi connectivity index (χ2v) is 11.1. The molecule has 0 radical (unpaired) electrons. The summed E-state index contributed by atoms with van der Waals surface area (Å²) in [6.45, 7) is 0.743. The Kier molecular flexibility index (Phi) is 13.4. The van der Waals surface area contributed by atoms with E-state index in [1.807, 2.05) is 54.6 Å². The molecule has 0 saturated carbocycles. The zero-order valence-electron chi connectivity index (χ0n) is 22.2. The molecule has 3 N–H and O–H groups in total. The van der Waals surface area contributed by atoms with Crippen molar-refractivity contribution in [1.29, 1.82) is 0 Å².